The third-order valence-electron chi connectivity index (χ3n) is 2.04. The normalized spacial score (nSPS) is 10.4. The van der Waals surface area contributed by atoms with Crippen molar-refractivity contribution in [3.8, 4) is 0 Å². The molecule has 5 heteroatoms. The van der Waals surface area contributed by atoms with Crippen LogP contribution in [0.3, 0.4) is 0 Å². The molecular weight excluding hydrogens is 247 g/mol. The van der Waals surface area contributed by atoms with E-state index < -0.39 is 0 Å². The number of anilines is 2. The first-order valence-corrected chi connectivity index (χ1v) is 5.97. The lowest BCUT2D eigenvalue weighted by Crippen LogP contribution is -2.06. The van der Waals surface area contributed by atoms with Gasteiger partial charge >= 0.3 is 0 Å². The van der Waals surface area contributed by atoms with Crippen LogP contribution >= 0.6 is 23.2 Å². The van der Waals surface area contributed by atoms with E-state index in [1.807, 2.05) is 6.92 Å². The summed E-state index contributed by atoms with van der Waals surface area (Å²) >= 11 is 12.0. The summed E-state index contributed by atoms with van der Waals surface area (Å²) in [5, 5.41) is 4.25. The number of rotatable bonds is 6. The van der Waals surface area contributed by atoms with E-state index in [9.17, 15) is 0 Å². The summed E-state index contributed by atoms with van der Waals surface area (Å²) in [5.41, 5.74) is 6.90. The van der Waals surface area contributed by atoms with Crippen LogP contribution in [0.4, 0.5) is 11.4 Å². The Balaban J connectivity index is 2.47. The van der Waals surface area contributed by atoms with Gasteiger partial charge in [0.25, 0.3) is 0 Å². The SMILES string of the molecule is CCOCCCNc1c(Cl)cc(N)cc1Cl. The Hall–Kier alpha value is -0.640. The molecule has 3 N–H and O–H groups in total. The van der Waals surface area contributed by atoms with Crippen LogP contribution < -0.4 is 11.1 Å². The van der Waals surface area contributed by atoms with Gasteiger partial charge in [-0.15, -0.1) is 0 Å². The highest BCUT2D eigenvalue weighted by Gasteiger charge is 2.06. The van der Waals surface area contributed by atoms with Gasteiger partial charge in [-0.2, -0.15) is 0 Å². The van der Waals surface area contributed by atoms with Crippen molar-refractivity contribution in [3.63, 3.8) is 0 Å². The van der Waals surface area contributed by atoms with E-state index in [-0.39, 0.29) is 0 Å². The molecule has 0 aliphatic carbocycles. The summed E-state index contributed by atoms with van der Waals surface area (Å²) in [7, 11) is 0. The average Bonchev–Trinajstić information content (AvgIpc) is 2.20. The first-order valence-electron chi connectivity index (χ1n) is 5.21. The third kappa shape index (κ3) is 4.08. The van der Waals surface area contributed by atoms with Crippen molar-refractivity contribution in [3.05, 3.63) is 22.2 Å². The molecule has 1 rings (SSSR count). The van der Waals surface area contributed by atoms with Crippen LogP contribution in [0.1, 0.15) is 13.3 Å². The Kier molecular flexibility index (Phi) is 5.74. The van der Waals surface area contributed by atoms with E-state index in [0.29, 0.717) is 15.7 Å². The zero-order valence-corrected chi connectivity index (χ0v) is 10.7. The van der Waals surface area contributed by atoms with Gasteiger partial charge < -0.3 is 15.8 Å². The van der Waals surface area contributed by atoms with Gasteiger partial charge in [-0.3, -0.25) is 0 Å². The Morgan fingerprint density at radius 1 is 1.31 bits per heavy atom. The summed E-state index contributed by atoms with van der Waals surface area (Å²) in [6.45, 7) is 4.21. The fraction of sp³-hybridized carbons (Fsp3) is 0.455. The quantitative estimate of drug-likeness (QED) is 0.610. The van der Waals surface area contributed by atoms with Gasteiger partial charge in [0.2, 0.25) is 0 Å². The highest BCUT2D eigenvalue weighted by atomic mass is 35.5. The summed E-state index contributed by atoms with van der Waals surface area (Å²) in [6.07, 6.45) is 0.908. The Labute approximate surface area is 106 Å². The maximum absolute atomic E-state index is 6.02. The van der Waals surface area contributed by atoms with Crippen molar-refractivity contribution < 1.29 is 4.74 Å². The van der Waals surface area contributed by atoms with E-state index in [1.165, 1.54) is 0 Å². The predicted octanol–water partition coefficient (Wildman–Crippen LogP) is 3.41. The van der Waals surface area contributed by atoms with E-state index in [0.717, 1.165) is 31.9 Å². The molecule has 0 saturated heterocycles. The molecule has 0 aliphatic heterocycles. The van der Waals surface area contributed by atoms with Crippen LogP contribution in [0.15, 0.2) is 12.1 Å². The van der Waals surface area contributed by atoms with E-state index in [4.69, 9.17) is 33.7 Å². The fourth-order valence-corrected chi connectivity index (χ4v) is 1.93. The molecule has 1 aromatic carbocycles. The van der Waals surface area contributed by atoms with Crippen LogP contribution in [-0.4, -0.2) is 19.8 Å². The topological polar surface area (TPSA) is 47.3 Å². The molecule has 0 atom stereocenters. The smallest absolute Gasteiger partial charge is 0.0720 e. The molecule has 0 amide bonds. The van der Waals surface area contributed by atoms with Gasteiger partial charge in [0.05, 0.1) is 15.7 Å². The van der Waals surface area contributed by atoms with Gasteiger partial charge in [0, 0.05) is 25.4 Å². The molecular formula is C11H16Cl2N2O. The molecule has 1 aromatic rings. The molecule has 0 radical (unpaired) electrons. The van der Waals surface area contributed by atoms with Crippen LogP contribution in [0, 0.1) is 0 Å². The molecule has 0 spiro atoms. The Morgan fingerprint density at radius 2 is 1.94 bits per heavy atom. The molecule has 0 fully saturated rings. The first kappa shape index (κ1) is 13.4. The fourth-order valence-electron chi connectivity index (χ4n) is 1.29. The zero-order chi connectivity index (χ0) is 12.0. The van der Waals surface area contributed by atoms with Crippen LogP contribution in [0.5, 0.6) is 0 Å². The molecule has 0 aromatic heterocycles. The van der Waals surface area contributed by atoms with Gasteiger partial charge in [-0.05, 0) is 25.5 Å². The number of benzene rings is 1. The third-order valence-corrected chi connectivity index (χ3v) is 2.63. The van der Waals surface area contributed by atoms with E-state index in [1.54, 1.807) is 12.1 Å². The first-order chi connectivity index (χ1) is 7.65. The minimum atomic E-state index is 0.543. The number of ether oxygens (including phenoxy) is 1. The summed E-state index contributed by atoms with van der Waals surface area (Å²) in [5.74, 6) is 0. The van der Waals surface area contributed by atoms with Gasteiger partial charge in [-0.25, -0.2) is 0 Å². The predicted molar refractivity (Wildman–Crippen MR) is 70.5 cm³/mol. The standard InChI is InChI=1S/C11H16Cl2N2O/c1-2-16-5-3-4-15-11-9(12)6-8(14)7-10(11)13/h6-7,15H,2-5,14H2,1H3. The van der Waals surface area contributed by atoms with Crippen molar-refractivity contribution in [1.29, 1.82) is 0 Å². The molecule has 90 valence electrons. The van der Waals surface area contributed by atoms with Gasteiger partial charge in [-0.1, -0.05) is 23.2 Å². The molecule has 0 saturated carbocycles. The van der Waals surface area contributed by atoms with Crippen molar-refractivity contribution in [2.24, 2.45) is 0 Å². The Morgan fingerprint density at radius 3 is 2.50 bits per heavy atom. The Bertz CT molecular complexity index is 322. The number of hydrogen-bond donors (Lipinski definition) is 2. The molecule has 16 heavy (non-hydrogen) atoms. The van der Waals surface area contributed by atoms with Gasteiger partial charge in [0.15, 0.2) is 0 Å². The van der Waals surface area contributed by atoms with Crippen molar-refractivity contribution >= 4 is 34.6 Å². The molecule has 3 nitrogen and oxygen atoms in total. The molecule has 0 unspecified atom stereocenters. The largest absolute Gasteiger partial charge is 0.399 e. The highest BCUT2D eigenvalue weighted by molar-refractivity contribution is 6.39. The van der Waals surface area contributed by atoms with Crippen molar-refractivity contribution in [2.75, 3.05) is 30.8 Å². The lowest BCUT2D eigenvalue weighted by atomic mass is 10.2. The molecule has 0 bridgehead atoms. The monoisotopic (exact) mass is 262 g/mol. The van der Waals surface area contributed by atoms with E-state index >= 15 is 0 Å². The molecule has 0 aliphatic rings. The lowest BCUT2D eigenvalue weighted by Gasteiger charge is -2.11. The highest BCUT2D eigenvalue weighted by Crippen LogP contribution is 2.32. The minimum absolute atomic E-state index is 0.543. The van der Waals surface area contributed by atoms with Crippen molar-refractivity contribution in [1.82, 2.24) is 0 Å². The average molecular weight is 263 g/mol. The number of nitrogens with one attached hydrogen (secondary N) is 1. The van der Waals surface area contributed by atoms with Gasteiger partial charge in [0.1, 0.15) is 0 Å². The maximum atomic E-state index is 6.02. The number of nitrogen functional groups attached to an aromatic ring is 1. The minimum Gasteiger partial charge on any atom is -0.399 e. The maximum Gasteiger partial charge on any atom is 0.0720 e. The van der Waals surface area contributed by atoms with Crippen LogP contribution in [0.2, 0.25) is 10.0 Å². The number of halogens is 2. The molecule has 0 heterocycles. The van der Waals surface area contributed by atoms with Crippen molar-refractivity contribution in [2.45, 2.75) is 13.3 Å². The summed E-state index contributed by atoms with van der Waals surface area (Å²) in [4.78, 5) is 0. The summed E-state index contributed by atoms with van der Waals surface area (Å²) < 4.78 is 5.23. The zero-order valence-electron chi connectivity index (χ0n) is 9.22. The number of hydrogen-bond acceptors (Lipinski definition) is 3. The second-order valence-electron chi connectivity index (χ2n) is 3.34. The summed E-state index contributed by atoms with van der Waals surface area (Å²) in [6, 6.07) is 3.36. The number of nitrogens with two attached hydrogens (primary N) is 1. The van der Waals surface area contributed by atoms with Crippen LogP contribution in [-0.2, 0) is 4.74 Å². The second kappa shape index (κ2) is 6.84. The lowest BCUT2D eigenvalue weighted by molar-refractivity contribution is 0.147. The van der Waals surface area contributed by atoms with E-state index in [2.05, 4.69) is 5.32 Å². The van der Waals surface area contributed by atoms with Crippen LogP contribution in [0.25, 0.3) is 0 Å². The second-order valence-corrected chi connectivity index (χ2v) is 4.15.